The Bertz CT molecular complexity index is 1460. The van der Waals surface area contributed by atoms with E-state index in [4.69, 9.17) is 0 Å². The molecule has 2 aliphatic heterocycles. The summed E-state index contributed by atoms with van der Waals surface area (Å²) in [7, 11) is 2.14. The Morgan fingerprint density at radius 3 is 2.63 bits per heavy atom. The van der Waals surface area contributed by atoms with Crippen molar-refractivity contribution in [2.75, 3.05) is 57.9 Å². The molecule has 2 aliphatic rings. The normalized spacial score (nSPS) is 16.6. The standard InChI is InChI=1S/C29H32FN7O/c1-34-7-10-36(11-8-34)25-4-2-3-21(14-25)29(38)16-24-13-22-15-27(32-18-23(22)17-31-24)26-19-33-37-12-9-35(6-5-30)20-28(26)37/h2-4,13-15,17-19H,5-12,16,20H2,1H3. The molecule has 6 rings (SSSR count). The predicted molar refractivity (Wildman–Crippen MR) is 146 cm³/mol. The number of carbonyl (C=O) groups is 1. The highest BCUT2D eigenvalue weighted by molar-refractivity contribution is 5.98. The van der Waals surface area contributed by atoms with Crippen molar-refractivity contribution >= 4 is 22.2 Å². The topological polar surface area (TPSA) is 70.4 Å². The number of nitrogens with zero attached hydrogens (tertiary/aromatic N) is 7. The molecule has 0 bridgehead atoms. The highest BCUT2D eigenvalue weighted by Gasteiger charge is 2.22. The number of pyridine rings is 2. The molecule has 0 aliphatic carbocycles. The monoisotopic (exact) mass is 513 g/mol. The van der Waals surface area contributed by atoms with Gasteiger partial charge in [0.15, 0.2) is 5.78 Å². The van der Waals surface area contributed by atoms with Crippen molar-refractivity contribution in [3.63, 3.8) is 0 Å². The fraction of sp³-hybridized carbons (Fsp3) is 0.379. The molecule has 0 amide bonds. The maximum absolute atomic E-state index is 13.2. The van der Waals surface area contributed by atoms with Crippen LogP contribution in [-0.4, -0.2) is 88.3 Å². The van der Waals surface area contributed by atoms with Crippen molar-refractivity contribution in [1.82, 2.24) is 29.5 Å². The number of ketones is 1. The number of halogens is 1. The van der Waals surface area contributed by atoms with Gasteiger partial charge in [-0.1, -0.05) is 12.1 Å². The Kier molecular flexibility index (Phi) is 6.86. The molecule has 0 N–H and O–H groups in total. The number of aromatic nitrogens is 4. The average Bonchev–Trinajstić information content (AvgIpc) is 3.37. The van der Waals surface area contributed by atoms with Crippen molar-refractivity contribution in [1.29, 1.82) is 0 Å². The number of Topliss-reactive ketones (excluding diaryl/α,β-unsaturated/α-hetero) is 1. The van der Waals surface area contributed by atoms with E-state index in [1.807, 2.05) is 47.4 Å². The second-order valence-corrected chi connectivity index (χ2v) is 10.2. The zero-order valence-corrected chi connectivity index (χ0v) is 21.7. The minimum Gasteiger partial charge on any atom is -0.369 e. The van der Waals surface area contributed by atoms with Gasteiger partial charge in [-0.15, -0.1) is 0 Å². The van der Waals surface area contributed by atoms with Gasteiger partial charge < -0.3 is 9.80 Å². The van der Waals surface area contributed by atoms with E-state index in [1.54, 1.807) is 6.20 Å². The second kappa shape index (κ2) is 10.6. The van der Waals surface area contributed by atoms with Crippen molar-refractivity contribution < 1.29 is 9.18 Å². The Labute approximate surface area is 221 Å². The lowest BCUT2D eigenvalue weighted by Crippen LogP contribution is -2.44. The van der Waals surface area contributed by atoms with Crippen LogP contribution in [0, 0.1) is 0 Å². The first kappa shape index (κ1) is 24.6. The second-order valence-electron chi connectivity index (χ2n) is 10.2. The minimum atomic E-state index is -0.355. The summed E-state index contributed by atoms with van der Waals surface area (Å²) >= 11 is 0. The number of alkyl halides is 1. The molecule has 1 saturated heterocycles. The predicted octanol–water partition coefficient (Wildman–Crippen LogP) is 3.46. The van der Waals surface area contributed by atoms with Crippen LogP contribution in [0.25, 0.3) is 22.0 Å². The zero-order chi connectivity index (χ0) is 26.1. The number of piperazine rings is 1. The van der Waals surface area contributed by atoms with Gasteiger partial charge in [-0.3, -0.25) is 24.3 Å². The first-order valence-corrected chi connectivity index (χ1v) is 13.2. The molecule has 5 heterocycles. The Morgan fingerprint density at radius 2 is 1.79 bits per heavy atom. The van der Waals surface area contributed by atoms with E-state index in [2.05, 4.69) is 42.9 Å². The molecule has 0 saturated carbocycles. The van der Waals surface area contributed by atoms with Crippen LogP contribution in [0.5, 0.6) is 0 Å². The number of hydrogen-bond acceptors (Lipinski definition) is 7. The molecule has 196 valence electrons. The lowest BCUT2D eigenvalue weighted by Gasteiger charge is -2.34. The first-order valence-electron chi connectivity index (χ1n) is 13.2. The molecule has 0 unspecified atom stereocenters. The summed E-state index contributed by atoms with van der Waals surface area (Å²) in [6, 6.07) is 12.0. The van der Waals surface area contributed by atoms with Gasteiger partial charge in [0.1, 0.15) is 6.67 Å². The molecular formula is C29H32FN7O. The lowest BCUT2D eigenvalue weighted by molar-refractivity contribution is 0.0992. The van der Waals surface area contributed by atoms with Crippen molar-refractivity contribution in [2.24, 2.45) is 0 Å². The molecule has 1 aromatic carbocycles. The highest BCUT2D eigenvalue weighted by Crippen LogP contribution is 2.28. The maximum atomic E-state index is 13.2. The fourth-order valence-corrected chi connectivity index (χ4v) is 5.36. The molecule has 0 atom stereocenters. The van der Waals surface area contributed by atoms with Gasteiger partial charge in [-0.25, -0.2) is 4.39 Å². The van der Waals surface area contributed by atoms with Gasteiger partial charge in [0.2, 0.25) is 0 Å². The van der Waals surface area contributed by atoms with Gasteiger partial charge in [-0.2, -0.15) is 5.10 Å². The van der Waals surface area contributed by atoms with E-state index in [-0.39, 0.29) is 18.9 Å². The van der Waals surface area contributed by atoms with Crippen molar-refractivity contribution in [3.8, 4) is 11.3 Å². The van der Waals surface area contributed by atoms with E-state index in [0.717, 1.165) is 78.4 Å². The third-order valence-corrected chi connectivity index (χ3v) is 7.66. The number of fused-ring (bicyclic) bond motifs is 2. The van der Waals surface area contributed by atoms with Crippen LogP contribution in [0.2, 0.25) is 0 Å². The summed E-state index contributed by atoms with van der Waals surface area (Å²) in [5.74, 6) is 0.0563. The summed E-state index contributed by atoms with van der Waals surface area (Å²) in [5.41, 5.74) is 5.38. The number of carbonyl (C=O) groups excluding carboxylic acids is 1. The summed E-state index contributed by atoms with van der Waals surface area (Å²) in [5, 5.41) is 6.44. The van der Waals surface area contributed by atoms with Crippen molar-refractivity contribution in [2.45, 2.75) is 19.5 Å². The lowest BCUT2D eigenvalue weighted by atomic mass is 10.0. The smallest absolute Gasteiger partial charge is 0.168 e. The first-order chi connectivity index (χ1) is 18.6. The summed E-state index contributed by atoms with van der Waals surface area (Å²) in [6.45, 7) is 6.24. The van der Waals surface area contributed by atoms with Crippen LogP contribution < -0.4 is 4.90 Å². The minimum absolute atomic E-state index is 0.0563. The fourth-order valence-electron chi connectivity index (χ4n) is 5.36. The van der Waals surface area contributed by atoms with Gasteiger partial charge in [0.25, 0.3) is 0 Å². The van der Waals surface area contributed by atoms with Crippen LogP contribution in [0.15, 0.2) is 55.0 Å². The molecular weight excluding hydrogens is 481 g/mol. The van der Waals surface area contributed by atoms with Crippen LogP contribution in [0.3, 0.4) is 0 Å². The molecule has 4 aromatic rings. The third kappa shape index (κ3) is 5.04. The van der Waals surface area contributed by atoms with Crippen LogP contribution >= 0.6 is 0 Å². The highest BCUT2D eigenvalue weighted by atomic mass is 19.1. The van der Waals surface area contributed by atoms with E-state index >= 15 is 0 Å². The van der Waals surface area contributed by atoms with Crippen LogP contribution in [0.1, 0.15) is 21.7 Å². The maximum Gasteiger partial charge on any atom is 0.168 e. The Hall–Kier alpha value is -3.69. The molecule has 0 radical (unpaired) electrons. The van der Waals surface area contributed by atoms with Gasteiger partial charge in [0.05, 0.1) is 30.6 Å². The quantitative estimate of drug-likeness (QED) is 0.351. The van der Waals surface area contributed by atoms with Gasteiger partial charge in [-0.05, 0) is 36.7 Å². The van der Waals surface area contributed by atoms with Crippen LogP contribution in [-0.2, 0) is 19.5 Å². The molecule has 9 heteroatoms. The average molecular weight is 514 g/mol. The molecule has 1 fully saturated rings. The third-order valence-electron chi connectivity index (χ3n) is 7.66. The largest absolute Gasteiger partial charge is 0.369 e. The van der Waals surface area contributed by atoms with Crippen molar-refractivity contribution in [3.05, 3.63) is 71.9 Å². The number of anilines is 1. The van der Waals surface area contributed by atoms with E-state index in [0.29, 0.717) is 18.7 Å². The van der Waals surface area contributed by atoms with E-state index in [1.165, 1.54) is 0 Å². The number of rotatable bonds is 7. The van der Waals surface area contributed by atoms with E-state index < -0.39 is 0 Å². The molecule has 38 heavy (non-hydrogen) atoms. The Balaban J connectivity index is 1.22. The van der Waals surface area contributed by atoms with Gasteiger partial charge >= 0.3 is 0 Å². The molecule has 8 nitrogen and oxygen atoms in total. The zero-order valence-electron chi connectivity index (χ0n) is 21.7. The SMILES string of the molecule is CN1CCN(c2cccc(C(=O)Cc3cc4cc(-c5cnn6c5CN(CCF)CC6)ncc4cn3)c2)CC1. The summed E-state index contributed by atoms with van der Waals surface area (Å²) in [6.07, 6.45) is 5.68. The Morgan fingerprint density at radius 1 is 0.947 bits per heavy atom. The van der Waals surface area contributed by atoms with E-state index in [9.17, 15) is 9.18 Å². The number of likely N-dealkylation sites (N-methyl/N-ethyl adjacent to an activating group) is 1. The molecule has 3 aromatic heterocycles. The van der Waals surface area contributed by atoms with Crippen LogP contribution in [0.4, 0.5) is 10.1 Å². The number of benzene rings is 1. The molecule has 0 spiro atoms. The van der Waals surface area contributed by atoms with Gasteiger partial charge in [0, 0.05) is 86.1 Å². The summed E-state index contributed by atoms with van der Waals surface area (Å²) < 4.78 is 14.9. The number of hydrogen-bond donors (Lipinski definition) is 0. The summed E-state index contributed by atoms with van der Waals surface area (Å²) in [4.78, 5) is 29.2.